The van der Waals surface area contributed by atoms with Gasteiger partial charge in [0, 0.05) is 31.0 Å². The molecule has 2 aromatic heterocycles. The van der Waals surface area contributed by atoms with Crippen molar-refractivity contribution in [1.82, 2.24) is 15.0 Å². The van der Waals surface area contributed by atoms with Gasteiger partial charge in [0.05, 0.1) is 12.4 Å². The highest BCUT2D eigenvalue weighted by molar-refractivity contribution is 7.94. The Morgan fingerprint density at radius 1 is 1.09 bits per heavy atom. The van der Waals surface area contributed by atoms with Gasteiger partial charge >= 0.3 is 0 Å². The molecular formula is C15H14N5OP. The molecule has 0 N–H and O–H groups in total. The van der Waals surface area contributed by atoms with Crippen molar-refractivity contribution < 1.29 is 4.57 Å². The highest BCUT2D eigenvalue weighted by atomic mass is 31.2. The molecule has 0 saturated heterocycles. The van der Waals surface area contributed by atoms with Crippen LogP contribution >= 0.6 is 7.14 Å². The standard InChI is InChI=1S/C15H14N5OP/c1-3-16-11-14(18-4-2)22(21,13-7-5-6-8-19-13)15-12-17-9-10-20-15/h3-12H,1-2H2. The summed E-state index contributed by atoms with van der Waals surface area (Å²) in [4.78, 5) is 20.4. The topological polar surface area (TPSA) is 80.5 Å². The first-order valence-electron chi connectivity index (χ1n) is 6.35. The van der Waals surface area contributed by atoms with Crippen LogP contribution in [-0.2, 0) is 4.57 Å². The molecule has 1 atom stereocenters. The van der Waals surface area contributed by atoms with Crippen molar-refractivity contribution in [3.63, 3.8) is 0 Å². The first kappa shape index (κ1) is 15.7. The minimum absolute atomic E-state index is 0.210. The zero-order chi connectivity index (χ0) is 15.8. The Kier molecular flexibility index (Phi) is 5.22. The van der Waals surface area contributed by atoms with Gasteiger partial charge in [-0.1, -0.05) is 19.2 Å². The molecule has 2 rings (SSSR count). The van der Waals surface area contributed by atoms with E-state index >= 15 is 0 Å². The third-order valence-electron chi connectivity index (χ3n) is 2.69. The number of hydrogen-bond acceptors (Lipinski definition) is 6. The summed E-state index contributed by atoms with van der Waals surface area (Å²) in [5.41, 5.74) is 0.845. The lowest BCUT2D eigenvalue weighted by molar-refractivity contribution is 0.593. The van der Waals surface area contributed by atoms with Crippen LogP contribution in [0.15, 0.2) is 78.5 Å². The lowest BCUT2D eigenvalue weighted by atomic mass is 10.5. The Labute approximate surface area is 128 Å². The summed E-state index contributed by atoms with van der Waals surface area (Å²) in [6.07, 6.45) is 9.99. The van der Waals surface area contributed by atoms with Gasteiger partial charge in [-0.15, -0.1) is 0 Å². The van der Waals surface area contributed by atoms with E-state index < -0.39 is 7.14 Å². The Bertz CT molecular complexity index is 713. The molecule has 0 bridgehead atoms. The maximum atomic E-state index is 13.7. The van der Waals surface area contributed by atoms with Crippen LogP contribution in [0.2, 0.25) is 0 Å². The second kappa shape index (κ2) is 7.33. The normalized spacial score (nSPS) is 14.5. The SMILES string of the molecule is C=CN=CC(=NC=C)P(=O)(c1ccccn1)c1cnccn1. The first-order valence-corrected chi connectivity index (χ1v) is 8.05. The Morgan fingerprint density at radius 3 is 2.50 bits per heavy atom. The number of pyridine rings is 1. The number of hydrogen-bond donors (Lipinski definition) is 0. The van der Waals surface area contributed by atoms with Gasteiger partial charge in [-0.2, -0.15) is 0 Å². The molecule has 0 aliphatic rings. The van der Waals surface area contributed by atoms with Crippen molar-refractivity contribution in [3.8, 4) is 0 Å². The number of aromatic nitrogens is 3. The van der Waals surface area contributed by atoms with E-state index in [-0.39, 0.29) is 10.9 Å². The van der Waals surface area contributed by atoms with Crippen LogP contribution in [0.3, 0.4) is 0 Å². The van der Waals surface area contributed by atoms with E-state index in [4.69, 9.17) is 0 Å². The lowest BCUT2D eigenvalue weighted by Crippen LogP contribution is -2.27. The third-order valence-corrected chi connectivity index (χ3v) is 5.35. The molecule has 1 unspecified atom stereocenters. The van der Waals surface area contributed by atoms with Crippen molar-refractivity contribution in [2.45, 2.75) is 0 Å². The summed E-state index contributed by atoms with van der Waals surface area (Å²) >= 11 is 0. The van der Waals surface area contributed by atoms with Crippen LogP contribution in [0, 0.1) is 0 Å². The van der Waals surface area contributed by atoms with E-state index in [2.05, 4.69) is 38.1 Å². The van der Waals surface area contributed by atoms with E-state index in [0.29, 0.717) is 5.44 Å². The summed E-state index contributed by atoms with van der Waals surface area (Å²) < 4.78 is 13.7. The summed E-state index contributed by atoms with van der Waals surface area (Å²) in [5.74, 6) is 0. The minimum atomic E-state index is -3.38. The fourth-order valence-electron chi connectivity index (χ4n) is 1.75. The van der Waals surface area contributed by atoms with Crippen LogP contribution in [0.5, 0.6) is 0 Å². The highest BCUT2D eigenvalue weighted by Crippen LogP contribution is 2.43. The molecule has 22 heavy (non-hydrogen) atoms. The van der Waals surface area contributed by atoms with Gasteiger partial charge in [0.15, 0.2) is 0 Å². The van der Waals surface area contributed by atoms with Crippen molar-refractivity contribution in [1.29, 1.82) is 0 Å². The van der Waals surface area contributed by atoms with Gasteiger partial charge in [-0.25, -0.2) is 4.98 Å². The van der Waals surface area contributed by atoms with Gasteiger partial charge in [0.2, 0.25) is 7.14 Å². The molecule has 0 spiro atoms. The van der Waals surface area contributed by atoms with Crippen LogP contribution < -0.4 is 10.9 Å². The maximum Gasteiger partial charge on any atom is 0.226 e. The molecule has 2 aromatic rings. The predicted octanol–water partition coefficient (Wildman–Crippen LogP) is 1.94. The summed E-state index contributed by atoms with van der Waals surface area (Å²) in [7, 11) is -3.38. The van der Waals surface area contributed by atoms with E-state index in [1.54, 1.807) is 24.4 Å². The molecule has 6 nitrogen and oxygen atoms in total. The fourth-order valence-corrected chi connectivity index (χ4v) is 3.92. The van der Waals surface area contributed by atoms with E-state index in [0.717, 1.165) is 0 Å². The summed E-state index contributed by atoms with van der Waals surface area (Å²) in [6.45, 7) is 7.07. The lowest BCUT2D eigenvalue weighted by Gasteiger charge is -2.16. The van der Waals surface area contributed by atoms with Crippen LogP contribution in [0.4, 0.5) is 0 Å². The Balaban J connectivity index is 2.73. The summed E-state index contributed by atoms with van der Waals surface area (Å²) in [6, 6.07) is 5.16. The maximum absolute atomic E-state index is 13.7. The molecule has 7 heteroatoms. The first-order chi connectivity index (χ1) is 10.7. The van der Waals surface area contributed by atoms with Crippen molar-refractivity contribution >= 4 is 29.7 Å². The van der Waals surface area contributed by atoms with Gasteiger partial charge in [0.25, 0.3) is 0 Å². The van der Waals surface area contributed by atoms with Crippen LogP contribution in [0.25, 0.3) is 0 Å². The van der Waals surface area contributed by atoms with Crippen molar-refractivity contribution in [2.24, 2.45) is 9.98 Å². The molecule has 0 aliphatic carbocycles. The molecule has 110 valence electrons. The molecule has 2 heterocycles. The molecular weight excluding hydrogens is 297 g/mol. The molecule has 0 saturated carbocycles. The summed E-state index contributed by atoms with van der Waals surface area (Å²) in [5, 5.41) is 0. The molecule has 0 fully saturated rings. The highest BCUT2D eigenvalue weighted by Gasteiger charge is 2.35. The van der Waals surface area contributed by atoms with Gasteiger partial charge < -0.3 is 4.57 Å². The average Bonchev–Trinajstić information content (AvgIpc) is 2.59. The second-order valence-electron chi connectivity index (χ2n) is 3.99. The third kappa shape index (κ3) is 3.13. The van der Waals surface area contributed by atoms with E-state index in [1.807, 2.05) is 0 Å². The monoisotopic (exact) mass is 311 g/mol. The van der Waals surface area contributed by atoms with Crippen molar-refractivity contribution in [3.05, 3.63) is 68.5 Å². The Hall–Kier alpha value is -2.72. The fraction of sp³-hybridized carbons (Fsp3) is 0. The zero-order valence-corrected chi connectivity index (χ0v) is 12.7. The minimum Gasteiger partial charge on any atom is -0.304 e. The molecule has 0 aromatic carbocycles. The average molecular weight is 311 g/mol. The van der Waals surface area contributed by atoms with Gasteiger partial charge in [-0.05, 0) is 12.1 Å². The second-order valence-corrected chi connectivity index (χ2v) is 6.58. The smallest absolute Gasteiger partial charge is 0.226 e. The quantitative estimate of drug-likeness (QED) is 0.603. The number of aliphatic imine (C=N–C) groups is 2. The van der Waals surface area contributed by atoms with Gasteiger partial charge in [0.1, 0.15) is 16.3 Å². The predicted molar refractivity (Wildman–Crippen MR) is 89.5 cm³/mol. The largest absolute Gasteiger partial charge is 0.304 e. The zero-order valence-electron chi connectivity index (χ0n) is 11.8. The van der Waals surface area contributed by atoms with Crippen LogP contribution in [-0.4, -0.2) is 26.6 Å². The van der Waals surface area contributed by atoms with E-state index in [9.17, 15) is 4.57 Å². The van der Waals surface area contributed by atoms with Crippen molar-refractivity contribution in [2.75, 3.05) is 0 Å². The number of rotatable bonds is 6. The van der Waals surface area contributed by atoms with E-state index in [1.165, 1.54) is 37.2 Å². The Morgan fingerprint density at radius 2 is 1.91 bits per heavy atom. The molecule has 0 radical (unpaired) electrons. The number of nitrogens with zero attached hydrogens (tertiary/aromatic N) is 5. The molecule has 0 aliphatic heterocycles. The van der Waals surface area contributed by atoms with Crippen LogP contribution in [0.1, 0.15) is 0 Å². The van der Waals surface area contributed by atoms with Gasteiger partial charge in [-0.3, -0.25) is 20.0 Å². The molecule has 0 amide bonds.